The highest BCUT2D eigenvalue weighted by molar-refractivity contribution is 5.92. The van der Waals surface area contributed by atoms with Crippen molar-refractivity contribution in [2.75, 3.05) is 28.6 Å². The van der Waals surface area contributed by atoms with Crippen molar-refractivity contribution in [3.8, 4) is 0 Å². The third kappa shape index (κ3) is 5.19. The normalized spacial score (nSPS) is 12.2. The van der Waals surface area contributed by atoms with Crippen LogP contribution >= 0.6 is 0 Å². The maximum atomic E-state index is 12.1. The molecule has 1 aromatic heterocycles. The Morgan fingerprint density at radius 1 is 1.00 bits per heavy atom. The van der Waals surface area contributed by atoms with Gasteiger partial charge in [0, 0.05) is 42.8 Å². The highest BCUT2D eigenvalue weighted by Gasteiger charge is 2.19. The van der Waals surface area contributed by atoms with Crippen LogP contribution < -0.4 is 20.9 Å². The van der Waals surface area contributed by atoms with E-state index in [0.29, 0.717) is 11.5 Å². The summed E-state index contributed by atoms with van der Waals surface area (Å²) in [4.78, 5) is 30.5. The molecule has 2 heterocycles. The standard InChI is InChI=1S/C24H25N5O2/c1-17-6-11-22(26-16-17)28-23(30)12-14-25-24(31)27-19-7-9-20(10-8-19)29-15-13-18-4-2-3-5-21(18)29/h2-11,16H,12-15H2,1H3,(H2,25,27,31)(H,26,28,30). The number of rotatable bonds is 6. The lowest BCUT2D eigenvalue weighted by atomic mass is 10.2. The summed E-state index contributed by atoms with van der Waals surface area (Å²) in [5.74, 6) is 0.299. The average molecular weight is 415 g/mol. The molecular weight excluding hydrogens is 390 g/mol. The summed E-state index contributed by atoms with van der Waals surface area (Å²) < 4.78 is 0. The van der Waals surface area contributed by atoms with Crippen molar-refractivity contribution < 1.29 is 9.59 Å². The first-order chi connectivity index (χ1) is 15.1. The molecule has 0 aliphatic carbocycles. The number of hydrogen-bond donors (Lipinski definition) is 3. The van der Waals surface area contributed by atoms with E-state index in [-0.39, 0.29) is 24.9 Å². The van der Waals surface area contributed by atoms with E-state index in [1.54, 1.807) is 12.3 Å². The van der Waals surface area contributed by atoms with Gasteiger partial charge in [-0.15, -0.1) is 0 Å². The summed E-state index contributed by atoms with van der Waals surface area (Å²) in [5, 5.41) is 8.20. The minimum atomic E-state index is -0.347. The van der Waals surface area contributed by atoms with Crippen LogP contribution in [0.3, 0.4) is 0 Å². The molecule has 0 radical (unpaired) electrons. The van der Waals surface area contributed by atoms with Gasteiger partial charge in [-0.25, -0.2) is 9.78 Å². The number of benzene rings is 2. The number of carbonyl (C=O) groups excluding carboxylic acids is 2. The molecule has 3 N–H and O–H groups in total. The van der Waals surface area contributed by atoms with Crippen molar-refractivity contribution in [1.82, 2.24) is 10.3 Å². The molecule has 158 valence electrons. The topological polar surface area (TPSA) is 86.4 Å². The van der Waals surface area contributed by atoms with Gasteiger partial charge in [0.2, 0.25) is 5.91 Å². The van der Waals surface area contributed by atoms with E-state index in [1.807, 2.05) is 37.3 Å². The first-order valence-corrected chi connectivity index (χ1v) is 10.3. The Kier molecular flexibility index (Phi) is 6.12. The smallest absolute Gasteiger partial charge is 0.319 e. The molecule has 1 aliphatic rings. The van der Waals surface area contributed by atoms with Gasteiger partial charge in [0.05, 0.1) is 0 Å². The van der Waals surface area contributed by atoms with E-state index in [2.05, 4.69) is 50.1 Å². The van der Waals surface area contributed by atoms with Crippen LogP contribution in [0.4, 0.5) is 27.7 Å². The number of nitrogens with zero attached hydrogens (tertiary/aromatic N) is 2. The lowest BCUT2D eigenvalue weighted by Gasteiger charge is -2.20. The first-order valence-electron chi connectivity index (χ1n) is 10.3. The number of hydrogen-bond acceptors (Lipinski definition) is 4. The molecule has 4 rings (SSSR count). The molecule has 7 heteroatoms. The summed E-state index contributed by atoms with van der Waals surface area (Å²) in [7, 11) is 0. The van der Waals surface area contributed by atoms with E-state index in [4.69, 9.17) is 0 Å². The van der Waals surface area contributed by atoms with E-state index in [1.165, 1.54) is 11.3 Å². The number of nitrogens with one attached hydrogen (secondary N) is 3. The van der Waals surface area contributed by atoms with Crippen molar-refractivity contribution >= 4 is 34.8 Å². The van der Waals surface area contributed by atoms with E-state index in [0.717, 1.165) is 24.2 Å². The quantitative estimate of drug-likeness (QED) is 0.562. The number of carbonyl (C=O) groups is 2. The fourth-order valence-electron chi connectivity index (χ4n) is 3.54. The second kappa shape index (κ2) is 9.30. The lowest BCUT2D eigenvalue weighted by Crippen LogP contribution is -2.31. The van der Waals surface area contributed by atoms with Crippen LogP contribution in [0.5, 0.6) is 0 Å². The van der Waals surface area contributed by atoms with E-state index >= 15 is 0 Å². The summed E-state index contributed by atoms with van der Waals surface area (Å²) in [6, 6.07) is 19.4. The zero-order valence-corrected chi connectivity index (χ0v) is 17.4. The molecule has 3 aromatic rings. The molecule has 0 fully saturated rings. The number of urea groups is 1. The Morgan fingerprint density at radius 3 is 2.58 bits per heavy atom. The minimum Gasteiger partial charge on any atom is -0.341 e. The number of aryl methyl sites for hydroxylation is 1. The summed E-state index contributed by atoms with van der Waals surface area (Å²) in [6.07, 6.45) is 2.89. The van der Waals surface area contributed by atoms with Gasteiger partial charge in [-0.3, -0.25) is 4.79 Å². The molecule has 0 atom stereocenters. The Balaban J connectivity index is 1.23. The predicted octanol–water partition coefficient (Wildman–Crippen LogP) is 4.23. The first kappa shape index (κ1) is 20.4. The lowest BCUT2D eigenvalue weighted by molar-refractivity contribution is -0.116. The molecule has 2 aromatic carbocycles. The highest BCUT2D eigenvalue weighted by atomic mass is 16.2. The van der Waals surface area contributed by atoms with Crippen molar-refractivity contribution in [3.05, 3.63) is 78.0 Å². The molecule has 0 saturated heterocycles. The predicted molar refractivity (Wildman–Crippen MR) is 123 cm³/mol. The Labute approximate surface area is 181 Å². The molecule has 31 heavy (non-hydrogen) atoms. The SMILES string of the molecule is Cc1ccc(NC(=O)CCNC(=O)Nc2ccc(N3CCc4ccccc43)cc2)nc1. The third-order valence-electron chi connectivity index (χ3n) is 5.14. The van der Waals surface area contributed by atoms with Crippen molar-refractivity contribution in [2.45, 2.75) is 19.8 Å². The monoisotopic (exact) mass is 415 g/mol. The Hall–Kier alpha value is -3.87. The van der Waals surface area contributed by atoms with Crippen molar-refractivity contribution in [2.24, 2.45) is 0 Å². The molecule has 0 unspecified atom stereocenters. The van der Waals surface area contributed by atoms with Crippen LogP contribution in [-0.2, 0) is 11.2 Å². The number of anilines is 4. The fraction of sp³-hybridized carbons (Fsp3) is 0.208. The van der Waals surface area contributed by atoms with Gasteiger partial charge in [-0.1, -0.05) is 24.3 Å². The maximum Gasteiger partial charge on any atom is 0.319 e. The van der Waals surface area contributed by atoms with Crippen LogP contribution in [0.1, 0.15) is 17.5 Å². The molecule has 0 spiro atoms. The average Bonchev–Trinajstić information content (AvgIpc) is 3.20. The third-order valence-corrected chi connectivity index (χ3v) is 5.14. The summed E-state index contributed by atoms with van der Waals surface area (Å²) in [6.45, 7) is 3.11. The Morgan fingerprint density at radius 2 is 1.81 bits per heavy atom. The Bertz CT molecular complexity index is 1060. The molecule has 7 nitrogen and oxygen atoms in total. The van der Waals surface area contributed by atoms with Crippen molar-refractivity contribution in [3.63, 3.8) is 0 Å². The molecular formula is C24H25N5O2. The van der Waals surface area contributed by atoms with Gasteiger partial charge in [0.25, 0.3) is 0 Å². The van der Waals surface area contributed by atoms with Gasteiger partial charge in [0.15, 0.2) is 0 Å². The molecule has 0 saturated carbocycles. The number of amides is 3. The number of para-hydroxylation sites is 1. The largest absolute Gasteiger partial charge is 0.341 e. The summed E-state index contributed by atoms with van der Waals surface area (Å²) in [5.41, 5.74) is 5.40. The zero-order valence-electron chi connectivity index (χ0n) is 17.4. The van der Waals surface area contributed by atoms with Gasteiger partial charge in [-0.2, -0.15) is 0 Å². The van der Waals surface area contributed by atoms with Gasteiger partial charge >= 0.3 is 6.03 Å². The van der Waals surface area contributed by atoms with Gasteiger partial charge < -0.3 is 20.9 Å². The van der Waals surface area contributed by atoms with E-state index in [9.17, 15) is 9.59 Å². The van der Waals surface area contributed by atoms with Crippen LogP contribution in [0.25, 0.3) is 0 Å². The van der Waals surface area contributed by atoms with Crippen LogP contribution in [0, 0.1) is 6.92 Å². The molecule has 0 bridgehead atoms. The van der Waals surface area contributed by atoms with E-state index < -0.39 is 0 Å². The van der Waals surface area contributed by atoms with Crippen molar-refractivity contribution in [1.29, 1.82) is 0 Å². The molecule has 3 amide bonds. The van der Waals surface area contributed by atoms with Gasteiger partial charge in [0.1, 0.15) is 5.82 Å². The number of pyridine rings is 1. The van der Waals surface area contributed by atoms with Crippen LogP contribution in [-0.4, -0.2) is 30.0 Å². The number of aromatic nitrogens is 1. The minimum absolute atomic E-state index is 0.163. The maximum absolute atomic E-state index is 12.1. The molecule has 1 aliphatic heterocycles. The second-order valence-electron chi connectivity index (χ2n) is 7.48. The van der Waals surface area contributed by atoms with Crippen LogP contribution in [0.15, 0.2) is 66.9 Å². The highest BCUT2D eigenvalue weighted by Crippen LogP contribution is 2.34. The second-order valence-corrected chi connectivity index (χ2v) is 7.48. The summed E-state index contributed by atoms with van der Waals surface area (Å²) >= 11 is 0. The fourth-order valence-corrected chi connectivity index (χ4v) is 3.54. The van der Waals surface area contributed by atoms with Crippen LogP contribution in [0.2, 0.25) is 0 Å². The zero-order chi connectivity index (χ0) is 21.6. The number of fused-ring (bicyclic) bond motifs is 1. The van der Waals surface area contributed by atoms with Gasteiger partial charge in [-0.05, 0) is 60.9 Å².